The van der Waals surface area contributed by atoms with Crippen molar-refractivity contribution in [2.24, 2.45) is 0 Å². The highest BCUT2D eigenvalue weighted by Crippen LogP contribution is 2.35. The highest BCUT2D eigenvalue weighted by Gasteiger charge is 2.34. The molecule has 0 aliphatic heterocycles. The second-order valence-corrected chi connectivity index (χ2v) is 5.08. The largest absolute Gasteiger partial charge is 0.504 e. The fraction of sp³-hybridized carbons (Fsp3) is 0.600. The van der Waals surface area contributed by atoms with Crippen molar-refractivity contribution >= 4 is 0 Å². The summed E-state index contributed by atoms with van der Waals surface area (Å²) >= 11 is 0. The van der Waals surface area contributed by atoms with Gasteiger partial charge in [-0.3, -0.25) is 0 Å². The summed E-state index contributed by atoms with van der Waals surface area (Å²) < 4.78 is 5.40. The molecule has 1 aliphatic rings. The van der Waals surface area contributed by atoms with Crippen molar-refractivity contribution in [3.63, 3.8) is 0 Å². The molecular weight excluding hydrogens is 226 g/mol. The number of nitrogens with one attached hydrogen (secondary N) is 1. The van der Waals surface area contributed by atoms with Gasteiger partial charge in [0.1, 0.15) is 0 Å². The second kappa shape index (κ2) is 5.61. The number of aromatic hydroxyl groups is 1. The Bertz CT molecular complexity index is 394. The molecule has 0 heterocycles. The Kier molecular flexibility index (Phi) is 4.12. The molecule has 0 unspecified atom stereocenters. The van der Waals surface area contributed by atoms with Gasteiger partial charge in [-0.2, -0.15) is 0 Å². The monoisotopic (exact) mass is 249 g/mol. The smallest absolute Gasteiger partial charge is 0.161 e. The van der Waals surface area contributed by atoms with E-state index in [1.165, 1.54) is 25.7 Å². The molecule has 1 aromatic carbocycles. The zero-order valence-corrected chi connectivity index (χ0v) is 11.3. The molecular formula is C15H23NO2. The first kappa shape index (κ1) is 13.2. The van der Waals surface area contributed by atoms with Gasteiger partial charge in [0.05, 0.1) is 6.61 Å². The van der Waals surface area contributed by atoms with E-state index in [1.54, 1.807) is 6.07 Å². The third-order valence-corrected chi connectivity index (χ3v) is 3.98. The predicted molar refractivity (Wildman–Crippen MR) is 73.0 cm³/mol. The lowest BCUT2D eigenvalue weighted by molar-refractivity contribution is 0.175. The Morgan fingerprint density at radius 3 is 2.67 bits per heavy atom. The third-order valence-electron chi connectivity index (χ3n) is 3.98. The van der Waals surface area contributed by atoms with Gasteiger partial charge >= 0.3 is 0 Å². The van der Waals surface area contributed by atoms with Crippen LogP contribution in [-0.4, -0.2) is 17.3 Å². The SMILES string of the molecule is CCOc1cc(CNC2(CC)CCC2)ccc1O. The Morgan fingerprint density at radius 2 is 2.11 bits per heavy atom. The van der Waals surface area contributed by atoms with Crippen LogP contribution in [-0.2, 0) is 6.54 Å². The highest BCUT2D eigenvalue weighted by atomic mass is 16.5. The lowest BCUT2D eigenvalue weighted by atomic mass is 9.75. The number of phenolic OH excluding ortho intramolecular Hbond substituents is 1. The molecule has 0 radical (unpaired) electrons. The van der Waals surface area contributed by atoms with Crippen molar-refractivity contribution in [3.05, 3.63) is 23.8 Å². The van der Waals surface area contributed by atoms with Crippen molar-refractivity contribution in [2.75, 3.05) is 6.61 Å². The summed E-state index contributed by atoms with van der Waals surface area (Å²) in [6.07, 6.45) is 5.07. The summed E-state index contributed by atoms with van der Waals surface area (Å²) in [5.74, 6) is 0.797. The van der Waals surface area contributed by atoms with Crippen LogP contribution in [0.15, 0.2) is 18.2 Å². The summed E-state index contributed by atoms with van der Waals surface area (Å²) in [5, 5.41) is 13.3. The number of benzene rings is 1. The molecule has 100 valence electrons. The van der Waals surface area contributed by atoms with E-state index in [1.807, 2.05) is 19.1 Å². The first-order valence-corrected chi connectivity index (χ1v) is 6.89. The van der Waals surface area contributed by atoms with Crippen LogP contribution in [0, 0.1) is 0 Å². The highest BCUT2D eigenvalue weighted by molar-refractivity contribution is 5.41. The van der Waals surface area contributed by atoms with Crippen molar-refractivity contribution in [2.45, 2.75) is 51.6 Å². The van der Waals surface area contributed by atoms with Crippen LogP contribution < -0.4 is 10.1 Å². The molecule has 0 spiro atoms. The van der Waals surface area contributed by atoms with Crippen LogP contribution in [0.1, 0.15) is 45.1 Å². The van der Waals surface area contributed by atoms with Gasteiger partial charge in [-0.05, 0) is 50.3 Å². The minimum Gasteiger partial charge on any atom is -0.504 e. The van der Waals surface area contributed by atoms with Gasteiger partial charge in [-0.15, -0.1) is 0 Å². The molecule has 0 saturated heterocycles. The van der Waals surface area contributed by atoms with E-state index < -0.39 is 0 Å². The number of hydrogen-bond acceptors (Lipinski definition) is 3. The number of phenols is 1. The number of rotatable bonds is 6. The summed E-state index contributed by atoms with van der Waals surface area (Å²) in [5.41, 5.74) is 1.51. The van der Waals surface area contributed by atoms with Crippen molar-refractivity contribution in [1.82, 2.24) is 5.32 Å². The normalized spacial score (nSPS) is 17.2. The van der Waals surface area contributed by atoms with Gasteiger partial charge < -0.3 is 15.2 Å². The average molecular weight is 249 g/mol. The molecule has 3 heteroatoms. The molecule has 1 fully saturated rings. The molecule has 1 saturated carbocycles. The Hall–Kier alpha value is -1.22. The maximum absolute atomic E-state index is 9.65. The molecule has 1 aliphatic carbocycles. The van der Waals surface area contributed by atoms with E-state index in [9.17, 15) is 5.11 Å². The van der Waals surface area contributed by atoms with Gasteiger partial charge in [0.25, 0.3) is 0 Å². The molecule has 18 heavy (non-hydrogen) atoms. The molecule has 2 N–H and O–H groups in total. The minimum atomic E-state index is 0.217. The van der Waals surface area contributed by atoms with E-state index in [-0.39, 0.29) is 5.75 Å². The fourth-order valence-corrected chi connectivity index (χ4v) is 2.49. The maximum atomic E-state index is 9.65. The van der Waals surface area contributed by atoms with Crippen LogP contribution in [0.5, 0.6) is 11.5 Å². The van der Waals surface area contributed by atoms with E-state index in [2.05, 4.69) is 12.2 Å². The molecule has 0 bridgehead atoms. The topological polar surface area (TPSA) is 41.5 Å². The Morgan fingerprint density at radius 1 is 1.33 bits per heavy atom. The van der Waals surface area contributed by atoms with Crippen molar-refractivity contribution in [1.29, 1.82) is 0 Å². The standard InChI is InChI=1S/C15H23NO2/c1-3-15(8-5-9-15)16-11-12-6-7-13(17)14(10-12)18-4-2/h6-7,10,16-17H,3-5,8-9,11H2,1-2H3. The first-order chi connectivity index (χ1) is 8.69. The number of hydrogen-bond donors (Lipinski definition) is 2. The molecule has 0 aromatic heterocycles. The van der Waals surface area contributed by atoms with Crippen LogP contribution in [0.25, 0.3) is 0 Å². The average Bonchev–Trinajstić information content (AvgIpc) is 2.32. The van der Waals surface area contributed by atoms with Gasteiger partial charge in [-0.25, -0.2) is 0 Å². The fourth-order valence-electron chi connectivity index (χ4n) is 2.49. The van der Waals surface area contributed by atoms with Gasteiger partial charge in [-0.1, -0.05) is 13.0 Å². The van der Waals surface area contributed by atoms with Crippen molar-refractivity contribution < 1.29 is 9.84 Å². The second-order valence-electron chi connectivity index (χ2n) is 5.08. The first-order valence-electron chi connectivity index (χ1n) is 6.89. The summed E-state index contributed by atoms with van der Waals surface area (Å²) in [4.78, 5) is 0. The quantitative estimate of drug-likeness (QED) is 0.813. The molecule has 0 amide bonds. The Balaban J connectivity index is 1.98. The molecule has 1 aromatic rings. The van der Waals surface area contributed by atoms with Crippen LogP contribution in [0.2, 0.25) is 0 Å². The lowest BCUT2D eigenvalue weighted by Crippen LogP contribution is -2.49. The van der Waals surface area contributed by atoms with E-state index in [0.29, 0.717) is 17.9 Å². The predicted octanol–water partition coefficient (Wildman–Crippen LogP) is 3.21. The van der Waals surface area contributed by atoms with Crippen LogP contribution in [0.3, 0.4) is 0 Å². The van der Waals surface area contributed by atoms with Gasteiger partial charge in [0, 0.05) is 12.1 Å². The van der Waals surface area contributed by atoms with Crippen LogP contribution >= 0.6 is 0 Å². The lowest BCUT2D eigenvalue weighted by Gasteiger charge is -2.42. The maximum Gasteiger partial charge on any atom is 0.161 e. The van der Waals surface area contributed by atoms with E-state index in [0.717, 1.165) is 12.1 Å². The van der Waals surface area contributed by atoms with Crippen LogP contribution in [0.4, 0.5) is 0 Å². The van der Waals surface area contributed by atoms with Gasteiger partial charge in [0.2, 0.25) is 0 Å². The molecule has 3 nitrogen and oxygen atoms in total. The third kappa shape index (κ3) is 2.78. The van der Waals surface area contributed by atoms with Gasteiger partial charge in [0.15, 0.2) is 11.5 Å². The molecule has 0 atom stereocenters. The van der Waals surface area contributed by atoms with E-state index in [4.69, 9.17) is 4.74 Å². The van der Waals surface area contributed by atoms with E-state index >= 15 is 0 Å². The van der Waals surface area contributed by atoms with Crippen molar-refractivity contribution in [3.8, 4) is 11.5 Å². The zero-order valence-electron chi connectivity index (χ0n) is 11.3. The summed E-state index contributed by atoms with van der Waals surface area (Å²) in [6.45, 7) is 5.58. The Labute approximate surface area is 109 Å². The zero-order chi connectivity index (χ0) is 13.0. The summed E-state index contributed by atoms with van der Waals surface area (Å²) in [7, 11) is 0. The minimum absolute atomic E-state index is 0.217. The summed E-state index contributed by atoms with van der Waals surface area (Å²) in [6, 6.07) is 5.59. The number of ether oxygens (including phenoxy) is 1. The molecule has 2 rings (SSSR count).